The van der Waals surface area contributed by atoms with E-state index in [9.17, 15) is 0 Å². The highest BCUT2D eigenvalue weighted by atomic mass is 16.5. The summed E-state index contributed by atoms with van der Waals surface area (Å²) >= 11 is 0. The molecule has 0 aromatic rings. The van der Waals surface area contributed by atoms with Crippen molar-refractivity contribution in [2.45, 2.75) is 26.8 Å². The van der Waals surface area contributed by atoms with Crippen LogP contribution in [0.1, 0.15) is 20.8 Å². The van der Waals surface area contributed by atoms with E-state index in [0.29, 0.717) is 0 Å². The van der Waals surface area contributed by atoms with Gasteiger partial charge in [-0.15, -0.1) is 0 Å². The molecule has 2 heterocycles. The van der Waals surface area contributed by atoms with Gasteiger partial charge >= 0.3 is 0 Å². The lowest BCUT2D eigenvalue weighted by Gasteiger charge is -2.23. The first-order valence-corrected chi connectivity index (χ1v) is 5.04. The first kappa shape index (κ1) is 10.0. The molecule has 80 valence electrons. The van der Waals surface area contributed by atoms with Crippen molar-refractivity contribution < 1.29 is 9.47 Å². The van der Waals surface area contributed by atoms with Crippen LogP contribution in [0.15, 0.2) is 41.0 Å². The highest BCUT2D eigenvalue weighted by molar-refractivity contribution is 5.53. The Morgan fingerprint density at radius 3 is 2.73 bits per heavy atom. The van der Waals surface area contributed by atoms with E-state index < -0.39 is 0 Å². The van der Waals surface area contributed by atoms with Crippen molar-refractivity contribution >= 4 is 6.40 Å². The first-order chi connectivity index (χ1) is 7.07. The monoisotopic (exact) mass is 205 g/mol. The van der Waals surface area contributed by atoms with Gasteiger partial charge < -0.3 is 9.47 Å². The van der Waals surface area contributed by atoms with Gasteiger partial charge in [0.05, 0.1) is 12.3 Å². The molecule has 2 aliphatic heterocycles. The maximum absolute atomic E-state index is 5.43. The summed E-state index contributed by atoms with van der Waals surface area (Å²) in [5.74, 6) is 1.51. The lowest BCUT2D eigenvalue weighted by molar-refractivity contribution is 0.279. The molecule has 0 amide bonds. The number of nitrogens with zero attached hydrogens (tertiary/aromatic N) is 1. The lowest BCUT2D eigenvalue weighted by atomic mass is 9.91. The fourth-order valence-corrected chi connectivity index (χ4v) is 1.46. The molecule has 0 aliphatic carbocycles. The summed E-state index contributed by atoms with van der Waals surface area (Å²) in [6.07, 6.45) is 9.18. The van der Waals surface area contributed by atoms with Gasteiger partial charge in [-0.25, -0.2) is 0 Å². The molecular formula is C12H15NO2. The van der Waals surface area contributed by atoms with Crippen LogP contribution in [-0.4, -0.2) is 12.4 Å². The summed E-state index contributed by atoms with van der Waals surface area (Å²) in [4.78, 5) is 4.09. The van der Waals surface area contributed by atoms with Crippen LogP contribution in [-0.2, 0) is 9.47 Å². The van der Waals surface area contributed by atoms with E-state index in [-0.39, 0.29) is 11.5 Å². The maximum Gasteiger partial charge on any atom is 0.177 e. The second-order valence-corrected chi connectivity index (χ2v) is 4.39. The largest absolute Gasteiger partial charge is 0.462 e. The molecule has 0 radical (unpaired) electrons. The third kappa shape index (κ3) is 2.29. The minimum absolute atomic E-state index is 0.00954. The van der Waals surface area contributed by atoms with Gasteiger partial charge in [0, 0.05) is 5.41 Å². The zero-order valence-electron chi connectivity index (χ0n) is 9.23. The van der Waals surface area contributed by atoms with Crippen molar-refractivity contribution in [2.24, 2.45) is 10.4 Å². The molecular weight excluding hydrogens is 190 g/mol. The molecule has 15 heavy (non-hydrogen) atoms. The minimum Gasteiger partial charge on any atom is -0.462 e. The SMILES string of the molecule is CC1C=C(C2=CC(C)(C)C=CO2)OC=N1. The fourth-order valence-electron chi connectivity index (χ4n) is 1.46. The Kier molecular flexibility index (Phi) is 2.39. The van der Waals surface area contributed by atoms with E-state index in [4.69, 9.17) is 9.47 Å². The molecule has 3 nitrogen and oxygen atoms in total. The summed E-state index contributed by atoms with van der Waals surface area (Å²) < 4.78 is 10.8. The molecule has 1 unspecified atom stereocenters. The van der Waals surface area contributed by atoms with Crippen LogP contribution in [0.4, 0.5) is 0 Å². The van der Waals surface area contributed by atoms with Crippen LogP contribution in [0.25, 0.3) is 0 Å². The number of allylic oxidation sites excluding steroid dienone is 2. The molecule has 0 saturated heterocycles. The zero-order chi connectivity index (χ0) is 10.9. The quantitative estimate of drug-likeness (QED) is 0.659. The standard InChI is InChI=1S/C12H15NO2/c1-9-6-10(15-8-13-9)11-7-12(2,3)4-5-14-11/h4-9H,1-3H3. The minimum atomic E-state index is 0.00954. The average molecular weight is 205 g/mol. The van der Waals surface area contributed by atoms with Crippen LogP contribution in [0.2, 0.25) is 0 Å². The van der Waals surface area contributed by atoms with Gasteiger partial charge in [-0.3, -0.25) is 4.99 Å². The second kappa shape index (κ2) is 3.57. The smallest absolute Gasteiger partial charge is 0.177 e. The van der Waals surface area contributed by atoms with Crippen molar-refractivity contribution in [3.8, 4) is 0 Å². The van der Waals surface area contributed by atoms with E-state index >= 15 is 0 Å². The summed E-state index contributed by atoms with van der Waals surface area (Å²) in [5.41, 5.74) is 0.00954. The molecule has 2 rings (SSSR count). The highest BCUT2D eigenvalue weighted by Crippen LogP contribution is 2.30. The van der Waals surface area contributed by atoms with Crippen molar-refractivity contribution in [2.75, 3.05) is 0 Å². The van der Waals surface area contributed by atoms with E-state index in [0.717, 1.165) is 11.5 Å². The molecule has 3 heteroatoms. The Hall–Kier alpha value is -1.51. The third-order valence-corrected chi connectivity index (χ3v) is 2.31. The summed E-state index contributed by atoms with van der Waals surface area (Å²) in [5, 5.41) is 0. The Balaban J connectivity index is 2.22. The predicted octanol–water partition coefficient (Wildman–Crippen LogP) is 2.77. The van der Waals surface area contributed by atoms with Gasteiger partial charge in [0.1, 0.15) is 0 Å². The fraction of sp³-hybridized carbons (Fsp3) is 0.417. The van der Waals surface area contributed by atoms with E-state index in [2.05, 4.69) is 18.8 Å². The van der Waals surface area contributed by atoms with Crippen molar-refractivity contribution in [3.05, 3.63) is 36.0 Å². The third-order valence-electron chi connectivity index (χ3n) is 2.31. The van der Waals surface area contributed by atoms with E-state index in [1.165, 1.54) is 6.40 Å². The Morgan fingerprint density at radius 1 is 1.27 bits per heavy atom. The molecule has 0 aromatic heterocycles. The highest BCUT2D eigenvalue weighted by Gasteiger charge is 2.21. The number of ether oxygens (including phenoxy) is 2. The van der Waals surface area contributed by atoms with Crippen LogP contribution in [0.5, 0.6) is 0 Å². The van der Waals surface area contributed by atoms with Crippen molar-refractivity contribution in [3.63, 3.8) is 0 Å². The van der Waals surface area contributed by atoms with Crippen LogP contribution < -0.4 is 0 Å². The first-order valence-electron chi connectivity index (χ1n) is 5.04. The topological polar surface area (TPSA) is 30.8 Å². The molecule has 0 N–H and O–H groups in total. The van der Waals surface area contributed by atoms with Gasteiger partial charge in [-0.1, -0.05) is 13.8 Å². The van der Waals surface area contributed by atoms with Gasteiger partial charge in [0.25, 0.3) is 0 Å². The van der Waals surface area contributed by atoms with Crippen LogP contribution in [0, 0.1) is 5.41 Å². The average Bonchev–Trinajstić information content (AvgIpc) is 2.16. The summed E-state index contributed by atoms with van der Waals surface area (Å²) in [7, 11) is 0. The van der Waals surface area contributed by atoms with Crippen LogP contribution in [0.3, 0.4) is 0 Å². The number of hydrogen-bond acceptors (Lipinski definition) is 3. The van der Waals surface area contributed by atoms with Crippen molar-refractivity contribution in [1.82, 2.24) is 0 Å². The normalized spacial score (nSPS) is 27.5. The molecule has 0 bridgehead atoms. The summed E-state index contributed by atoms with van der Waals surface area (Å²) in [6, 6.07) is 0.146. The van der Waals surface area contributed by atoms with E-state index in [1.54, 1.807) is 6.26 Å². The van der Waals surface area contributed by atoms with Gasteiger partial charge in [-0.05, 0) is 25.2 Å². The van der Waals surface area contributed by atoms with E-state index in [1.807, 2.05) is 25.2 Å². The molecule has 0 saturated carbocycles. The van der Waals surface area contributed by atoms with Gasteiger partial charge in [-0.2, -0.15) is 0 Å². The molecule has 2 aliphatic rings. The number of aliphatic imine (C=N–C) groups is 1. The molecule has 0 aromatic carbocycles. The maximum atomic E-state index is 5.43. The predicted molar refractivity (Wildman–Crippen MR) is 59.2 cm³/mol. The molecule has 0 spiro atoms. The number of rotatable bonds is 1. The summed E-state index contributed by atoms with van der Waals surface area (Å²) in [6.45, 7) is 6.24. The van der Waals surface area contributed by atoms with Gasteiger partial charge in [0.15, 0.2) is 17.9 Å². The second-order valence-electron chi connectivity index (χ2n) is 4.39. The van der Waals surface area contributed by atoms with Crippen LogP contribution >= 0.6 is 0 Å². The van der Waals surface area contributed by atoms with Crippen molar-refractivity contribution in [1.29, 1.82) is 0 Å². The number of hydrogen-bond donors (Lipinski definition) is 0. The lowest BCUT2D eigenvalue weighted by Crippen LogP contribution is -2.14. The van der Waals surface area contributed by atoms with Gasteiger partial charge in [0.2, 0.25) is 0 Å². The molecule has 1 atom stereocenters. The molecule has 0 fully saturated rings. The Morgan fingerprint density at radius 2 is 2.07 bits per heavy atom. The zero-order valence-corrected chi connectivity index (χ0v) is 9.23. The Labute approximate surface area is 89.8 Å². The Bertz CT molecular complexity index is 375.